The van der Waals surface area contributed by atoms with E-state index >= 15 is 0 Å². The Hall–Kier alpha value is -1.62. The zero-order valence-corrected chi connectivity index (χ0v) is 10.7. The van der Waals surface area contributed by atoms with Crippen LogP contribution >= 0.6 is 0 Å². The van der Waals surface area contributed by atoms with Crippen LogP contribution in [0, 0.1) is 0 Å². The monoisotopic (exact) mass is 248 g/mol. The summed E-state index contributed by atoms with van der Waals surface area (Å²) in [6.45, 7) is 4.26. The van der Waals surface area contributed by atoms with Gasteiger partial charge in [0.2, 0.25) is 0 Å². The minimum atomic E-state index is -0.0597. The van der Waals surface area contributed by atoms with E-state index in [4.69, 9.17) is 5.73 Å². The molecule has 1 aromatic heterocycles. The van der Waals surface area contributed by atoms with Gasteiger partial charge in [-0.3, -0.25) is 4.79 Å². The Labute approximate surface area is 107 Å². The van der Waals surface area contributed by atoms with Crippen molar-refractivity contribution in [3.63, 3.8) is 0 Å². The maximum Gasteiger partial charge on any atom is 0.255 e. The quantitative estimate of drug-likeness (QED) is 0.828. The number of carbonyl (C=O) groups excluding carboxylic acids is 1. The van der Waals surface area contributed by atoms with E-state index in [2.05, 4.69) is 15.2 Å². The first-order valence-electron chi connectivity index (χ1n) is 6.46. The molecular weight excluding hydrogens is 228 g/mol. The highest BCUT2D eigenvalue weighted by Crippen LogP contribution is 2.21. The summed E-state index contributed by atoms with van der Waals surface area (Å²) in [7, 11) is 0. The average Bonchev–Trinajstić information content (AvgIpc) is 2.40. The highest BCUT2D eigenvalue weighted by Gasteiger charge is 2.21. The summed E-state index contributed by atoms with van der Waals surface area (Å²) in [5.41, 5.74) is 6.54. The molecule has 0 bridgehead atoms. The molecule has 1 aromatic rings. The summed E-state index contributed by atoms with van der Waals surface area (Å²) >= 11 is 0. The van der Waals surface area contributed by atoms with Crippen molar-refractivity contribution in [1.82, 2.24) is 10.3 Å². The maximum atomic E-state index is 12.0. The van der Waals surface area contributed by atoms with E-state index in [1.54, 1.807) is 12.3 Å². The van der Waals surface area contributed by atoms with Gasteiger partial charge in [0.1, 0.15) is 5.82 Å². The van der Waals surface area contributed by atoms with Crippen molar-refractivity contribution in [3.8, 4) is 0 Å². The minimum absolute atomic E-state index is 0.0597. The number of amides is 1. The number of nitrogens with zero attached hydrogens (tertiary/aromatic N) is 2. The zero-order chi connectivity index (χ0) is 13.0. The number of hydrogen-bond donors (Lipinski definition) is 2. The molecule has 3 N–H and O–H groups in total. The summed E-state index contributed by atoms with van der Waals surface area (Å²) in [5, 5.41) is 2.82. The molecule has 1 aliphatic rings. The lowest BCUT2D eigenvalue weighted by molar-refractivity contribution is 0.0956. The summed E-state index contributed by atoms with van der Waals surface area (Å²) < 4.78 is 0. The van der Waals surface area contributed by atoms with Crippen LogP contribution in [-0.4, -0.2) is 36.6 Å². The molecular formula is C13H20N4O. The number of aromatic nitrogens is 1. The van der Waals surface area contributed by atoms with Crippen molar-refractivity contribution >= 4 is 11.7 Å². The highest BCUT2D eigenvalue weighted by atomic mass is 16.1. The van der Waals surface area contributed by atoms with Gasteiger partial charge in [-0.15, -0.1) is 0 Å². The molecule has 0 atom stereocenters. The van der Waals surface area contributed by atoms with Crippen molar-refractivity contribution in [2.24, 2.45) is 5.73 Å². The number of nitrogens with one attached hydrogen (secondary N) is 1. The predicted molar refractivity (Wildman–Crippen MR) is 71.7 cm³/mol. The number of pyridine rings is 1. The molecule has 0 radical (unpaired) electrons. The van der Waals surface area contributed by atoms with Gasteiger partial charge in [0.05, 0.1) is 5.56 Å². The second-order valence-corrected chi connectivity index (χ2v) is 4.56. The minimum Gasteiger partial charge on any atom is -0.356 e. The number of nitrogens with two attached hydrogens (primary N) is 1. The van der Waals surface area contributed by atoms with Gasteiger partial charge in [0, 0.05) is 31.9 Å². The van der Waals surface area contributed by atoms with Gasteiger partial charge in [0.15, 0.2) is 0 Å². The Morgan fingerprint density at radius 3 is 2.94 bits per heavy atom. The standard InChI is InChI=1S/C13H20N4O/c1-2-15-13(18)11-4-3-7-16-12(11)17-8-5-10(14)6-9-17/h3-4,7,10H,2,5-6,8-9,14H2,1H3,(H,15,18). The Bertz CT molecular complexity index is 413. The van der Waals surface area contributed by atoms with Crippen LogP contribution in [0.4, 0.5) is 5.82 Å². The zero-order valence-electron chi connectivity index (χ0n) is 10.7. The lowest BCUT2D eigenvalue weighted by atomic mass is 10.1. The van der Waals surface area contributed by atoms with Gasteiger partial charge in [-0.25, -0.2) is 4.98 Å². The SMILES string of the molecule is CCNC(=O)c1cccnc1N1CCC(N)CC1. The maximum absolute atomic E-state index is 12.0. The largest absolute Gasteiger partial charge is 0.356 e. The third-order valence-corrected chi connectivity index (χ3v) is 3.21. The Morgan fingerprint density at radius 2 is 2.28 bits per heavy atom. The van der Waals surface area contributed by atoms with Crippen LogP contribution in [-0.2, 0) is 0 Å². The second kappa shape index (κ2) is 5.82. The number of rotatable bonds is 3. The van der Waals surface area contributed by atoms with Gasteiger partial charge < -0.3 is 16.0 Å². The summed E-state index contributed by atoms with van der Waals surface area (Å²) in [4.78, 5) is 18.5. The van der Waals surface area contributed by atoms with Gasteiger partial charge in [0.25, 0.3) is 5.91 Å². The van der Waals surface area contributed by atoms with Crippen molar-refractivity contribution in [1.29, 1.82) is 0 Å². The molecule has 2 heterocycles. The van der Waals surface area contributed by atoms with Crippen molar-refractivity contribution in [2.75, 3.05) is 24.5 Å². The first-order valence-corrected chi connectivity index (χ1v) is 6.46. The second-order valence-electron chi connectivity index (χ2n) is 4.56. The first kappa shape index (κ1) is 12.8. The smallest absolute Gasteiger partial charge is 0.255 e. The van der Waals surface area contributed by atoms with Gasteiger partial charge in [-0.1, -0.05) is 0 Å². The van der Waals surface area contributed by atoms with Crippen LogP contribution in [0.1, 0.15) is 30.1 Å². The van der Waals surface area contributed by atoms with Crippen LogP contribution in [0.3, 0.4) is 0 Å². The molecule has 98 valence electrons. The van der Waals surface area contributed by atoms with E-state index in [1.165, 1.54) is 0 Å². The fraction of sp³-hybridized carbons (Fsp3) is 0.538. The van der Waals surface area contributed by atoms with Crippen molar-refractivity contribution in [3.05, 3.63) is 23.9 Å². The summed E-state index contributed by atoms with van der Waals surface area (Å²) in [5.74, 6) is 0.714. The molecule has 0 unspecified atom stereocenters. The van der Waals surface area contributed by atoms with E-state index in [9.17, 15) is 4.79 Å². The van der Waals surface area contributed by atoms with Crippen LogP contribution < -0.4 is 16.0 Å². The molecule has 5 nitrogen and oxygen atoms in total. The molecule has 1 amide bonds. The number of carbonyl (C=O) groups is 1. The average molecular weight is 248 g/mol. The first-order chi connectivity index (χ1) is 8.72. The molecule has 1 fully saturated rings. The van der Waals surface area contributed by atoms with E-state index < -0.39 is 0 Å². The van der Waals surface area contributed by atoms with Crippen molar-refractivity contribution < 1.29 is 4.79 Å². The number of piperidine rings is 1. The Kier molecular flexibility index (Phi) is 4.15. The fourth-order valence-electron chi connectivity index (χ4n) is 2.19. The molecule has 18 heavy (non-hydrogen) atoms. The lowest BCUT2D eigenvalue weighted by Gasteiger charge is -2.32. The van der Waals surface area contributed by atoms with E-state index in [1.807, 2.05) is 13.0 Å². The van der Waals surface area contributed by atoms with E-state index in [0.29, 0.717) is 12.1 Å². The topological polar surface area (TPSA) is 71.2 Å². The lowest BCUT2D eigenvalue weighted by Crippen LogP contribution is -2.41. The predicted octanol–water partition coefficient (Wildman–Crippen LogP) is 0.759. The third kappa shape index (κ3) is 2.79. The molecule has 5 heteroatoms. The van der Waals surface area contributed by atoms with Crippen LogP contribution in [0.15, 0.2) is 18.3 Å². The Balaban J connectivity index is 2.19. The number of anilines is 1. The number of hydrogen-bond acceptors (Lipinski definition) is 4. The molecule has 1 saturated heterocycles. The van der Waals surface area contributed by atoms with Crippen LogP contribution in [0.5, 0.6) is 0 Å². The fourth-order valence-corrected chi connectivity index (χ4v) is 2.19. The van der Waals surface area contributed by atoms with Crippen LogP contribution in [0.25, 0.3) is 0 Å². The molecule has 0 saturated carbocycles. The Morgan fingerprint density at radius 1 is 1.56 bits per heavy atom. The normalized spacial score (nSPS) is 16.7. The van der Waals surface area contributed by atoms with Crippen LogP contribution in [0.2, 0.25) is 0 Å². The molecule has 0 aliphatic carbocycles. The summed E-state index contributed by atoms with van der Waals surface area (Å²) in [6, 6.07) is 3.89. The molecule has 0 aromatic carbocycles. The third-order valence-electron chi connectivity index (χ3n) is 3.21. The van der Waals surface area contributed by atoms with Crippen molar-refractivity contribution in [2.45, 2.75) is 25.8 Å². The van der Waals surface area contributed by atoms with Gasteiger partial charge >= 0.3 is 0 Å². The highest BCUT2D eigenvalue weighted by molar-refractivity contribution is 5.98. The summed E-state index contributed by atoms with van der Waals surface area (Å²) in [6.07, 6.45) is 3.63. The van der Waals surface area contributed by atoms with E-state index in [0.717, 1.165) is 31.7 Å². The van der Waals surface area contributed by atoms with Gasteiger partial charge in [-0.2, -0.15) is 0 Å². The molecule has 1 aliphatic heterocycles. The van der Waals surface area contributed by atoms with E-state index in [-0.39, 0.29) is 11.9 Å². The van der Waals surface area contributed by atoms with Gasteiger partial charge in [-0.05, 0) is 31.9 Å². The molecule has 0 spiro atoms. The molecule has 2 rings (SSSR count).